The summed E-state index contributed by atoms with van der Waals surface area (Å²) in [5.74, 6) is -0.307. The Morgan fingerprint density at radius 2 is 1.71 bits per heavy atom. The van der Waals surface area contributed by atoms with Gasteiger partial charge in [0.15, 0.2) is 0 Å². The van der Waals surface area contributed by atoms with Crippen LogP contribution in [0.1, 0.15) is 10.4 Å². The fourth-order valence-corrected chi connectivity index (χ4v) is 3.53. The number of anilines is 1. The van der Waals surface area contributed by atoms with E-state index in [4.69, 9.17) is 11.5 Å². The van der Waals surface area contributed by atoms with Gasteiger partial charge in [-0.2, -0.15) is 0 Å². The fraction of sp³-hybridized carbons (Fsp3) is 0. The van der Waals surface area contributed by atoms with Gasteiger partial charge >= 0.3 is 0 Å². The first-order chi connectivity index (χ1) is 13.5. The first-order valence-electron chi connectivity index (χ1n) is 8.50. The van der Waals surface area contributed by atoms with Gasteiger partial charge in [0.1, 0.15) is 5.69 Å². The van der Waals surface area contributed by atoms with Gasteiger partial charge in [0.25, 0.3) is 0 Å². The molecule has 0 radical (unpaired) electrons. The molecule has 0 aliphatic heterocycles. The number of hydrogen-bond acceptors (Lipinski definition) is 4. The highest BCUT2D eigenvalue weighted by molar-refractivity contribution is 9.10. The molecule has 0 spiro atoms. The minimum absolute atomic E-state index is 0.174. The largest absolute Gasteiger partial charge is 0.368 e. The number of hydrogen-bond donors (Lipinski definition) is 3. The van der Waals surface area contributed by atoms with E-state index in [1.807, 2.05) is 48.5 Å². The highest BCUT2D eigenvalue weighted by Crippen LogP contribution is 2.38. The molecular formula is C21H16BrN5O. The molecule has 0 saturated heterocycles. The maximum Gasteiger partial charge on any atom is 0.249 e. The summed E-state index contributed by atoms with van der Waals surface area (Å²) >= 11 is 3.48. The third kappa shape index (κ3) is 3.27. The number of aromatic nitrogens is 3. The molecule has 6 nitrogen and oxygen atoms in total. The van der Waals surface area contributed by atoms with Crippen molar-refractivity contribution < 1.29 is 4.79 Å². The van der Waals surface area contributed by atoms with Gasteiger partial charge in [-0.05, 0) is 39.2 Å². The molecule has 2 aromatic carbocycles. The molecule has 138 valence electrons. The van der Waals surface area contributed by atoms with E-state index < -0.39 is 5.91 Å². The molecule has 2 aromatic heterocycles. The molecule has 0 atom stereocenters. The van der Waals surface area contributed by atoms with Crippen LogP contribution in [0, 0.1) is 0 Å². The molecule has 4 aromatic rings. The minimum Gasteiger partial charge on any atom is -0.368 e. The number of halogens is 1. The van der Waals surface area contributed by atoms with E-state index in [9.17, 15) is 4.79 Å². The topological polar surface area (TPSA) is 111 Å². The molecular weight excluding hydrogens is 418 g/mol. The number of nitrogens with two attached hydrogens (primary N) is 2. The van der Waals surface area contributed by atoms with Crippen molar-refractivity contribution in [2.75, 3.05) is 5.73 Å². The Morgan fingerprint density at radius 1 is 1.00 bits per heavy atom. The van der Waals surface area contributed by atoms with Crippen molar-refractivity contribution in [2.45, 2.75) is 0 Å². The van der Waals surface area contributed by atoms with Crippen LogP contribution < -0.4 is 11.5 Å². The normalized spacial score (nSPS) is 10.8. The van der Waals surface area contributed by atoms with Crippen LogP contribution in [0.5, 0.6) is 0 Å². The maximum atomic E-state index is 12.0. The first kappa shape index (κ1) is 17.9. The lowest BCUT2D eigenvalue weighted by molar-refractivity contribution is 0.100. The Labute approximate surface area is 169 Å². The van der Waals surface area contributed by atoms with Crippen molar-refractivity contribution in [1.82, 2.24) is 15.0 Å². The van der Waals surface area contributed by atoms with Crippen molar-refractivity contribution in [3.05, 3.63) is 76.9 Å². The molecule has 0 fully saturated rings. The van der Waals surface area contributed by atoms with Crippen LogP contribution in [-0.4, -0.2) is 20.9 Å². The minimum atomic E-state index is -0.482. The number of rotatable bonds is 4. The van der Waals surface area contributed by atoms with Crippen LogP contribution in [0.4, 0.5) is 5.95 Å². The zero-order valence-corrected chi connectivity index (χ0v) is 16.3. The number of carbonyl (C=O) groups excluding carboxylic acids is 1. The number of aromatic amines is 1. The summed E-state index contributed by atoms with van der Waals surface area (Å²) in [5.41, 5.74) is 16.6. The highest BCUT2D eigenvalue weighted by atomic mass is 79.9. The molecule has 0 bridgehead atoms. The van der Waals surface area contributed by atoms with E-state index in [0.717, 1.165) is 28.1 Å². The molecule has 0 unspecified atom stereocenters. The lowest BCUT2D eigenvalue weighted by Gasteiger charge is -2.08. The second kappa shape index (κ2) is 7.28. The smallest absolute Gasteiger partial charge is 0.249 e. The van der Waals surface area contributed by atoms with E-state index in [2.05, 4.69) is 30.9 Å². The van der Waals surface area contributed by atoms with Gasteiger partial charge < -0.3 is 16.5 Å². The molecule has 2 heterocycles. The highest BCUT2D eigenvalue weighted by Gasteiger charge is 2.19. The maximum absolute atomic E-state index is 12.0. The van der Waals surface area contributed by atoms with Crippen LogP contribution in [0.2, 0.25) is 0 Å². The summed E-state index contributed by atoms with van der Waals surface area (Å²) in [6.07, 6.45) is 1.61. The Hall–Kier alpha value is -3.45. The van der Waals surface area contributed by atoms with E-state index in [-0.39, 0.29) is 5.95 Å². The number of nitrogen functional groups attached to an aromatic ring is 1. The molecule has 7 heteroatoms. The Morgan fingerprint density at radius 3 is 2.46 bits per heavy atom. The van der Waals surface area contributed by atoms with Gasteiger partial charge in [-0.3, -0.25) is 4.79 Å². The van der Waals surface area contributed by atoms with Crippen molar-refractivity contribution in [3.63, 3.8) is 0 Å². The predicted molar refractivity (Wildman–Crippen MR) is 113 cm³/mol. The van der Waals surface area contributed by atoms with Gasteiger partial charge in [-0.25, -0.2) is 9.97 Å². The SMILES string of the molecule is NC(=O)c1ccccc1-c1cc(-c2nc(N)ncc2Br)[nH]c1-c1ccccc1. The number of benzene rings is 2. The first-order valence-corrected chi connectivity index (χ1v) is 9.30. The summed E-state index contributed by atoms with van der Waals surface area (Å²) in [6.45, 7) is 0. The summed E-state index contributed by atoms with van der Waals surface area (Å²) < 4.78 is 0.706. The van der Waals surface area contributed by atoms with Crippen LogP contribution in [0.15, 0.2) is 71.3 Å². The van der Waals surface area contributed by atoms with Gasteiger partial charge in [0.2, 0.25) is 11.9 Å². The lowest BCUT2D eigenvalue weighted by Crippen LogP contribution is -2.12. The molecule has 5 N–H and O–H groups in total. The van der Waals surface area contributed by atoms with Crippen molar-refractivity contribution in [3.8, 4) is 33.8 Å². The van der Waals surface area contributed by atoms with Crippen molar-refractivity contribution in [1.29, 1.82) is 0 Å². The monoisotopic (exact) mass is 433 g/mol. The van der Waals surface area contributed by atoms with Crippen molar-refractivity contribution in [2.24, 2.45) is 5.73 Å². The van der Waals surface area contributed by atoms with Gasteiger partial charge in [-0.1, -0.05) is 48.5 Å². The standard InChI is InChI=1S/C21H16BrN5O/c22-16-11-25-21(24)27-19(16)17-10-15(13-8-4-5-9-14(13)20(23)28)18(26-17)12-6-2-1-3-7-12/h1-11,26H,(H2,23,28)(H2,24,25,27). The average molecular weight is 434 g/mol. The number of H-pyrrole nitrogens is 1. The van der Waals surface area contributed by atoms with Crippen LogP contribution >= 0.6 is 15.9 Å². The van der Waals surface area contributed by atoms with Crippen LogP contribution in [0.3, 0.4) is 0 Å². The second-order valence-corrected chi connectivity index (χ2v) is 7.03. The van der Waals surface area contributed by atoms with Gasteiger partial charge in [0, 0.05) is 17.3 Å². The number of primary amides is 1. The number of nitrogens with zero attached hydrogens (tertiary/aromatic N) is 2. The lowest BCUT2D eigenvalue weighted by atomic mass is 9.96. The predicted octanol–water partition coefficient (Wildman–Crippen LogP) is 4.25. The number of amides is 1. The second-order valence-electron chi connectivity index (χ2n) is 6.17. The Bertz CT molecular complexity index is 1170. The van der Waals surface area contributed by atoms with E-state index >= 15 is 0 Å². The summed E-state index contributed by atoms with van der Waals surface area (Å²) in [5, 5.41) is 0. The quantitative estimate of drug-likeness (QED) is 0.446. The summed E-state index contributed by atoms with van der Waals surface area (Å²) in [6, 6.07) is 19.1. The van der Waals surface area contributed by atoms with Gasteiger partial charge in [-0.15, -0.1) is 0 Å². The number of carbonyl (C=O) groups is 1. The Kier molecular flexibility index (Phi) is 4.67. The van der Waals surface area contributed by atoms with E-state index in [1.54, 1.807) is 18.3 Å². The number of nitrogens with one attached hydrogen (secondary N) is 1. The van der Waals surface area contributed by atoms with Crippen molar-refractivity contribution >= 4 is 27.8 Å². The summed E-state index contributed by atoms with van der Waals surface area (Å²) in [7, 11) is 0. The Balaban J connectivity index is 1.99. The van der Waals surface area contributed by atoms with E-state index in [1.165, 1.54) is 0 Å². The third-order valence-electron chi connectivity index (χ3n) is 4.38. The molecule has 1 amide bonds. The van der Waals surface area contributed by atoms with Gasteiger partial charge in [0.05, 0.1) is 15.9 Å². The van der Waals surface area contributed by atoms with Crippen LogP contribution in [0.25, 0.3) is 33.8 Å². The molecule has 0 aliphatic carbocycles. The van der Waals surface area contributed by atoms with Crippen LogP contribution in [-0.2, 0) is 0 Å². The third-order valence-corrected chi connectivity index (χ3v) is 4.96. The zero-order valence-electron chi connectivity index (χ0n) is 14.7. The zero-order chi connectivity index (χ0) is 19.7. The molecule has 0 saturated carbocycles. The molecule has 28 heavy (non-hydrogen) atoms. The van der Waals surface area contributed by atoms with E-state index in [0.29, 0.717) is 15.7 Å². The molecule has 0 aliphatic rings. The molecule has 4 rings (SSSR count). The summed E-state index contributed by atoms with van der Waals surface area (Å²) in [4.78, 5) is 23.7. The average Bonchev–Trinajstić information content (AvgIpc) is 3.15. The fourth-order valence-electron chi connectivity index (χ4n) is 3.13.